The molecule has 104 valence electrons. The number of thiophene rings is 1. The molecule has 0 aliphatic carbocycles. The molecule has 0 radical (unpaired) electrons. The van der Waals surface area contributed by atoms with Gasteiger partial charge in [0.05, 0.1) is 16.0 Å². The van der Waals surface area contributed by atoms with Crippen molar-refractivity contribution < 1.29 is 0 Å². The van der Waals surface area contributed by atoms with Crippen molar-refractivity contribution in [1.29, 1.82) is 0 Å². The number of hydrogen-bond acceptors (Lipinski definition) is 4. The molecule has 6 heteroatoms. The first-order chi connectivity index (χ1) is 8.97. The van der Waals surface area contributed by atoms with Gasteiger partial charge in [-0.1, -0.05) is 0 Å². The molecular formula is C13H19BrN4S. The van der Waals surface area contributed by atoms with Crippen LogP contribution >= 0.6 is 27.3 Å². The molecule has 2 aromatic rings. The summed E-state index contributed by atoms with van der Waals surface area (Å²) in [7, 11) is 4.03. The fourth-order valence-corrected chi connectivity index (χ4v) is 3.57. The van der Waals surface area contributed by atoms with Crippen LogP contribution in [0.1, 0.15) is 24.1 Å². The van der Waals surface area contributed by atoms with E-state index in [1.807, 2.05) is 31.0 Å². The first-order valence-electron chi connectivity index (χ1n) is 6.14. The van der Waals surface area contributed by atoms with Gasteiger partial charge in [0, 0.05) is 31.4 Å². The summed E-state index contributed by atoms with van der Waals surface area (Å²) in [6.45, 7) is 2.92. The molecule has 4 nitrogen and oxygen atoms in total. The zero-order valence-electron chi connectivity index (χ0n) is 11.4. The lowest BCUT2D eigenvalue weighted by Crippen LogP contribution is -2.36. The largest absolute Gasteiger partial charge is 0.326 e. The molecule has 0 amide bonds. The molecule has 2 N–H and O–H groups in total. The fraction of sp³-hybridized carbons (Fsp3) is 0.462. The lowest BCUT2D eigenvalue weighted by molar-refractivity contribution is 0.211. The van der Waals surface area contributed by atoms with Gasteiger partial charge in [-0.3, -0.25) is 9.58 Å². The Balaban J connectivity index is 2.15. The predicted octanol–water partition coefficient (Wildman–Crippen LogP) is 2.76. The van der Waals surface area contributed by atoms with Gasteiger partial charge in [0.15, 0.2) is 0 Å². The number of hydrogen-bond donors (Lipinski definition) is 1. The summed E-state index contributed by atoms with van der Waals surface area (Å²) in [4.78, 5) is 2.27. The fourth-order valence-electron chi connectivity index (χ4n) is 2.37. The smallest absolute Gasteiger partial charge is 0.0701 e. The Kier molecular flexibility index (Phi) is 4.78. The maximum atomic E-state index is 6.15. The van der Waals surface area contributed by atoms with Gasteiger partial charge in [-0.25, -0.2) is 0 Å². The summed E-state index contributed by atoms with van der Waals surface area (Å²) in [6.07, 6.45) is 3.93. The molecule has 0 aliphatic heterocycles. The molecule has 2 aromatic heterocycles. The monoisotopic (exact) mass is 342 g/mol. The number of likely N-dealkylation sites (N-methyl/N-ethyl adjacent to an activating group) is 1. The van der Waals surface area contributed by atoms with Crippen molar-refractivity contribution >= 4 is 27.3 Å². The third kappa shape index (κ3) is 3.66. The van der Waals surface area contributed by atoms with E-state index in [1.54, 1.807) is 11.3 Å². The van der Waals surface area contributed by atoms with Gasteiger partial charge >= 0.3 is 0 Å². The zero-order valence-corrected chi connectivity index (χ0v) is 13.8. The second-order valence-corrected chi connectivity index (χ2v) is 7.22. The Bertz CT molecular complexity index is 534. The summed E-state index contributed by atoms with van der Waals surface area (Å²) < 4.78 is 2.98. The number of rotatable bonds is 5. The molecule has 2 rings (SSSR count). The van der Waals surface area contributed by atoms with Crippen molar-refractivity contribution in [2.45, 2.75) is 25.6 Å². The van der Waals surface area contributed by atoms with Crippen molar-refractivity contribution in [3.05, 3.63) is 38.8 Å². The number of nitrogens with two attached hydrogens (primary N) is 1. The van der Waals surface area contributed by atoms with E-state index in [-0.39, 0.29) is 12.1 Å². The van der Waals surface area contributed by atoms with Crippen LogP contribution in [0.3, 0.4) is 0 Å². The maximum Gasteiger partial charge on any atom is 0.0701 e. The van der Waals surface area contributed by atoms with Crippen LogP contribution in [0.25, 0.3) is 0 Å². The van der Waals surface area contributed by atoms with Crippen LogP contribution in [0.2, 0.25) is 0 Å². The van der Waals surface area contributed by atoms with Crippen LogP contribution in [-0.4, -0.2) is 27.8 Å². The summed E-state index contributed by atoms with van der Waals surface area (Å²) in [6, 6.07) is 2.38. The highest BCUT2D eigenvalue weighted by molar-refractivity contribution is 9.11. The van der Waals surface area contributed by atoms with Crippen molar-refractivity contribution in [3.8, 4) is 0 Å². The highest BCUT2D eigenvalue weighted by atomic mass is 79.9. The standard InChI is InChI=1S/C13H19BrN4S/c1-9(15)13(11-5-16-18(3)7-11)17(2)6-10-4-12(14)19-8-10/h4-5,7-9,13H,6,15H2,1-3H3. The number of halogens is 1. The van der Waals surface area contributed by atoms with Gasteiger partial charge in [-0.15, -0.1) is 11.3 Å². The molecule has 2 unspecified atom stereocenters. The Morgan fingerprint density at radius 3 is 2.79 bits per heavy atom. The molecular weight excluding hydrogens is 324 g/mol. The van der Waals surface area contributed by atoms with E-state index in [2.05, 4.69) is 44.4 Å². The van der Waals surface area contributed by atoms with E-state index >= 15 is 0 Å². The van der Waals surface area contributed by atoms with Crippen LogP contribution in [0.15, 0.2) is 27.6 Å². The minimum absolute atomic E-state index is 0.0521. The van der Waals surface area contributed by atoms with E-state index in [1.165, 1.54) is 5.56 Å². The van der Waals surface area contributed by atoms with Gasteiger partial charge in [-0.2, -0.15) is 5.10 Å². The Morgan fingerprint density at radius 1 is 1.58 bits per heavy atom. The van der Waals surface area contributed by atoms with Gasteiger partial charge in [-0.05, 0) is 46.9 Å². The first kappa shape index (κ1) is 14.7. The second kappa shape index (κ2) is 6.17. The molecule has 0 aromatic carbocycles. The number of aryl methyl sites for hydroxylation is 1. The molecule has 0 fully saturated rings. The normalized spacial score (nSPS) is 14.8. The maximum absolute atomic E-state index is 6.15. The molecule has 0 saturated carbocycles. The Morgan fingerprint density at radius 2 is 2.32 bits per heavy atom. The predicted molar refractivity (Wildman–Crippen MR) is 83.1 cm³/mol. The molecule has 0 saturated heterocycles. The van der Waals surface area contributed by atoms with Gasteiger partial charge in [0.2, 0.25) is 0 Å². The van der Waals surface area contributed by atoms with Crippen LogP contribution in [0.4, 0.5) is 0 Å². The Labute approximate surface area is 126 Å². The average molecular weight is 343 g/mol. The summed E-state index contributed by atoms with van der Waals surface area (Å²) in [5.74, 6) is 0. The number of nitrogens with zero attached hydrogens (tertiary/aromatic N) is 3. The van der Waals surface area contributed by atoms with E-state index in [0.29, 0.717) is 0 Å². The van der Waals surface area contributed by atoms with Crippen LogP contribution < -0.4 is 5.73 Å². The lowest BCUT2D eigenvalue weighted by Gasteiger charge is -2.30. The lowest BCUT2D eigenvalue weighted by atomic mass is 10.0. The third-order valence-corrected chi connectivity index (χ3v) is 4.65. The third-order valence-electron chi connectivity index (χ3n) is 3.09. The van der Waals surface area contributed by atoms with Crippen LogP contribution in [0, 0.1) is 0 Å². The van der Waals surface area contributed by atoms with Crippen LogP contribution in [-0.2, 0) is 13.6 Å². The van der Waals surface area contributed by atoms with Gasteiger partial charge in [0.25, 0.3) is 0 Å². The molecule has 2 heterocycles. The molecule has 2 atom stereocenters. The molecule has 0 aliphatic rings. The van der Waals surface area contributed by atoms with E-state index in [4.69, 9.17) is 5.73 Å². The molecule has 0 bridgehead atoms. The minimum atomic E-state index is 0.0521. The van der Waals surface area contributed by atoms with Gasteiger partial charge in [0.1, 0.15) is 0 Å². The van der Waals surface area contributed by atoms with Crippen LogP contribution in [0.5, 0.6) is 0 Å². The summed E-state index contributed by atoms with van der Waals surface area (Å²) in [5, 5.41) is 6.41. The summed E-state index contributed by atoms with van der Waals surface area (Å²) in [5.41, 5.74) is 8.61. The van der Waals surface area contributed by atoms with Gasteiger partial charge < -0.3 is 5.73 Å². The zero-order chi connectivity index (χ0) is 14.0. The van der Waals surface area contributed by atoms with E-state index < -0.39 is 0 Å². The van der Waals surface area contributed by atoms with Crippen molar-refractivity contribution in [3.63, 3.8) is 0 Å². The minimum Gasteiger partial charge on any atom is -0.326 e. The highest BCUT2D eigenvalue weighted by Crippen LogP contribution is 2.26. The summed E-state index contributed by atoms with van der Waals surface area (Å²) >= 11 is 5.21. The average Bonchev–Trinajstić information content (AvgIpc) is 2.88. The highest BCUT2D eigenvalue weighted by Gasteiger charge is 2.22. The van der Waals surface area contributed by atoms with Crippen molar-refractivity contribution in [2.24, 2.45) is 12.8 Å². The SMILES string of the molecule is CC(N)C(c1cnn(C)c1)N(C)Cc1csc(Br)c1. The quantitative estimate of drug-likeness (QED) is 0.908. The first-order valence-corrected chi connectivity index (χ1v) is 7.82. The molecule has 0 spiro atoms. The Hall–Kier alpha value is -0.690. The van der Waals surface area contributed by atoms with Crippen molar-refractivity contribution in [2.75, 3.05) is 7.05 Å². The van der Waals surface area contributed by atoms with E-state index in [9.17, 15) is 0 Å². The van der Waals surface area contributed by atoms with Crippen molar-refractivity contribution in [1.82, 2.24) is 14.7 Å². The number of aromatic nitrogens is 2. The van der Waals surface area contributed by atoms with E-state index in [0.717, 1.165) is 15.9 Å². The second-order valence-electron chi connectivity index (χ2n) is 4.93. The topological polar surface area (TPSA) is 47.1 Å². The molecule has 19 heavy (non-hydrogen) atoms.